The lowest BCUT2D eigenvalue weighted by Crippen LogP contribution is -2.40. The molecule has 0 radical (unpaired) electrons. The van der Waals surface area contributed by atoms with Crippen molar-refractivity contribution in [2.75, 3.05) is 6.54 Å². The molecule has 0 saturated heterocycles. The third-order valence-electron chi connectivity index (χ3n) is 4.76. The predicted octanol–water partition coefficient (Wildman–Crippen LogP) is 4.16. The van der Waals surface area contributed by atoms with Crippen LogP contribution in [0.15, 0.2) is 42.5 Å². The third-order valence-corrected chi connectivity index (χ3v) is 4.76. The number of aromatic nitrogens is 1. The second-order valence-electron chi connectivity index (χ2n) is 6.95. The monoisotopic (exact) mass is 335 g/mol. The number of nitrogens with zero attached hydrogens (tertiary/aromatic N) is 2. The second kappa shape index (κ2) is 8.13. The van der Waals surface area contributed by atoms with Gasteiger partial charge in [0.25, 0.3) is 0 Å². The maximum atomic E-state index is 9.32. The Morgan fingerprint density at radius 1 is 1.24 bits per heavy atom. The van der Waals surface area contributed by atoms with Crippen LogP contribution in [0.1, 0.15) is 49.1 Å². The summed E-state index contributed by atoms with van der Waals surface area (Å²) in [6, 6.07) is 16.6. The highest BCUT2D eigenvalue weighted by atomic mass is 16.5. The average Bonchev–Trinajstić information content (AvgIpc) is 2.60. The first-order valence-electron chi connectivity index (χ1n) is 8.98. The first kappa shape index (κ1) is 17.4. The molecule has 3 rings (SSSR count). The second-order valence-corrected chi connectivity index (χ2v) is 6.95. The molecule has 2 aromatic rings. The molecule has 1 fully saturated rings. The van der Waals surface area contributed by atoms with Crippen molar-refractivity contribution in [1.82, 2.24) is 10.3 Å². The fourth-order valence-corrected chi connectivity index (χ4v) is 3.29. The number of nitrogens with one attached hydrogen (secondary N) is 1. The molecule has 0 unspecified atom stereocenters. The predicted molar refractivity (Wildman–Crippen MR) is 98.3 cm³/mol. The number of hydrogen-bond donors (Lipinski definition) is 1. The highest BCUT2D eigenvalue weighted by Gasteiger charge is 2.25. The van der Waals surface area contributed by atoms with Gasteiger partial charge in [-0.05, 0) is 49.9 Å². The van der Waals surface area contributed by atoms with Crippen LogP contribution in [0.2, 0.25) is 0 Å². The lowest BCUT2D eigenvalue weighted by atomic mass is 9.82. The molecule has 25 heavy (non-hydrogen) atoms. The lowest BCUT2D eigenvalue weighted by Gasteiger charge is -2.34. The number of rotatable bonds is 7. The van der Waals surface area contributed by atoms with E-state index in [1.54, 1.807) is 6.07 Å². The SMILES string of the molecule is Cc1ccc(C#N)c(O[C@H](CCN[C@H]2C[C@@H](C)C2)c2ccccc2)n1. The number of aryl methyl sites for hydroxylation is 1. The highest BCUT2D eigenvalue weighted by molar-refractivity contribution is 5.39. The van der Waals surface area contributed by atoms with Crippen LogP contribution in [0.25, 0.3) is 0 Å². The third kappa shape index (κ3) is 4.58. The molecule has 0 spiro atoms. The van der Waals surface area contributed by atoms with Gasteiger partial charge in [-0.25, -0.2) is 4.98 Å². The first-order chi connectivity index (χ1) is 12.2. The van der Waals surface area contributed by atoms with Crippen molar-refractivity contribution in [3.05, 3.63) is 59.3 Å². The van der Waals surface area contributed by atoms with Crippen molar-refractivity contribution < 1.29 is 4.74 Å². The summed E-state index contributed by atoms with van der Waals surface area (Å²) in [5.74, 6) is 1.27. The molecule has 1 N–H and O–H groups in total. The molecular formula is C21H25N3O. The van der Waals surface area contributed by atoms with E-state index in [4.69, 9.17) is 4.74 Å². The Labute approximate surface area is 149 Å². The van der Waals surface area contributed by atoms with E-state index in [-0.39, 0.29) is 6.10 Å². The van der Waals surface area contributed by atoms with Crippen LogP contribution in [0.3, 0.4) is 0 Å². The lowest BCUT2D eigenvalue weighted by molar-refractivity contribution is 0.174. The van der Waals surface area contributed by atoms with Crippen LogP contribution < -0.4 is 10.1 Å². The van der Waals surface area contributed by atoms with Crippen LogP contribution in [-0.2, 0) is 0 Å². The summed E-state index contributed by atoms with van der Waals surface area (Å²) in [6.07, 6.45) is 3.24. The van der Waals surface area contributed by atoms with Crippen LogP contribution in [-0.4, -0.2) is 17.6 Å². The largest absolute Gasteiger partial charge is 0.468 e. The number of ether oxygens (including phenoxy) is 1. The van der Waals surface area contributed by atoms with Crippen molar-refractivity contribution in [1.29, 1.82) is 5.26 Å². The molecule has 1 aromatic carbocycles. The van der Waals surface area contributed by atoms with E-state index < -0.39 is 0 Å². The topological polar surface area (TPSA) is 57.9 Å². The van der Waals surface area contributed by atoms with E-state index in [0.29, 0.717) is 17.5 Å². The molecule has 1 aliphatic carbocycles. The minimum atomic E-state index is -0.118. The summed E-state index contributed by atoms with van der Waals surface area (Å²) in [7, 11) is 0. The smallest absolute Gasteiger partial charge is 0.232 e. The Balaban J connectivity index is 1.70. The molecule has 1 saturated carbocycles. The van der Waals surface area contributed by atoms with E-state index in [2.05, 4.69) is 35.4 Å². The van der Waals surface area contributed by atoms with Gasteiger partial charge in [0.1, 0.15) is 17.7 Å². The van der Waals surface area contributed by atoms with Gasteiger partial charge in [0, 0.05) is 18.2 Å². The average molecular weight is 335 g/mol. The number of hydrogen-bond acceptors (Lipinski definition) is 4. The van der Waals surface area contributed by atoms with Gasteiger partial charge in [-0.2, -0.15) is 5.26 Å². The summed E-state index contributed by atoms with van der Waals surface area (Å²) in [5.41, 5.74) is 2.44. The van der Waals surface area contributed by atoms with Crippen molar-refractivity contribution in [3.8, 4) is 11.9 Å². The number of nitriles is 1. The zero-order valence-electron chi connectivity index (χ0n) is 14.9. The molecule has 1 aromatic heterocycles. The van der Waals surface area contributed by atoms with E-state index in [0.717, 1.165) is 30.1 Å². The van der Waals surface area contributed by atoms with Gasteiger partial charge >= 0.3 is 0 Å². The van der Waals surface area contributed by atoms with Gasteiger partial charge in [-0.1, -0.05) is 37.3 Å². The Kier molecular flexibility index (Phi) is 5.67. The van der Waals surface area contributed by atoms with E-state index in [1.165, 1.54) is 12.8 Å². The minimum absolute atomic E-state index is 0.118. The fourth-order valence-electron chi connectivity index (χ4n) is 3.29. The van der Waals surface area contributed by atoms with Crippen LogP contribution in [0.5, 0.6) is 5.88 Å². The Morgan fingerprint density at radius 2 is 2.00 bits per heavy atom. The van der Waals surface area contributed by atoms with Crippen molar-refractivity contribution in [2.24, 2.45) is 5.92 Å². The van der Waals surface area contributed by atoms with Gasteiger partial charge in [0.05, 0.1) is 0 Å². The maximum absolute atomic E-state index is 9.32. The van der Waals surface area contributed by atoms with E-state index in [1.807, 2.05) is 31.2 Å². The normalized spacial score (nSPS) is 20.4. The fraction of sp³-hybridized carbons (Fsp3) is 0.429. The standard InChI is InChI=1S/C21H25N3O/c1-15-12-19(13-15)23-11-10-20(17-6-4-3-5-7-17)25-21-18(14-22)9-8-16(2)24-21/h3-9,15,19-20,23H,10-13H2,1-2H3/t15-,19+,20-/m1/s1. The number of benzene rings is 1. The molecule has 0 aliphatic heterocycles. The van der Waals surface area contributed by atoms with Crippen molar-refractivity contribution in [3.63, 3.8) is 0 Å². The summed E-state index contributed by atoms with van der Waals surface area (Å²) in [4.78, 5) is 4.42. The number of pyridine rings is 1. The Bertz CT molecular complexity index is 733. The molecule has 0 bridgehead atoms. The molecular weight excluding hydrogens is 310 g/mol. The summed E-state index contributed by atoms with van der Waals surface area (Å²) in [6.45, 7) is 5.09. The van der Waals surface area contributed by atoms with Crippen LogP contribution in [0, 0.1) is 24.2 Å². The molecule has 130 valence electrons. The zero-order valence-corrected chi connectivity index (χ0v) is 14.9. The molecule has 4 nitrogen and oxygen atoms in total. The first-order valence-corrected chi connectivity index (χ1v) is 8.98. The van der Waals surface area contributed by atoms with Gasteiger partial charge < -0.3 is 10.1 Å². The van der Waals surface area contributed by atoms with Gasteiger partial charge in [-0.15, -0.1) is 0 Å². The Morgan fingerprint density at radius 3 is 2.68 bits per heavy atom. The molecule has 1 heterocycles. The summed E-state index contributed by atoms with van der Waals surface area (Å²) >= 11 is 0. The van der Waals surface area contributed by atoms with E-state index >= 15 is 0 Å². The molecule has 1 aliphatic rings. The van der Waals surface area contributed by atoms with Crippen molar-refractivity contribution in [2.45, 2.75) is 45.3 Å². The summed E-state index contributed by atoms with van der Waals surface area (Å²) < 4.78 is 6.18. The van der Waals surface area contributed by atoms with Crippen LogP contribution in [0.4, 0.5) is 0 Å². The molecule has 0 amide bonds. The van der Waals surface area contributed by atoms with Gasteiger partial charge in [-0.3, -0.25) is 0 Å². The maximum Gasteiger partial charge on any atom is 0.232 e. The van der Waals surface area contributed by atoms with Gasteiger partial charge in [0.15, 0.2) is 0 Å². The highest BCUT2D eigenvalue weighted by Crippen LogP contribution is 2.28. The van der Waals surface area contributed by atoms with E-state index in [9.17, 15) is 5.26 Å². The Hall–Kier alpha value is -2.38. The molecule has 1 atom stereocenters. The summed E-state index contributed by atoms with van der Waals surface area (Å²) in [5, 5.41) is 12.9. The van der Waals surface area contributed by atoms with Gasteiger partial charge in [0.2, 0.25) is 5.88 Å². The minimum Gasteiger partial charge on any atom is -0.468 e. The van der Waals surface area contributed by atoms with Crippen molar-refractivity contribution >= 4 is 0 Å². The zero-order chi connectivity index (χ0) is 17.6. The molecule has 4 heteroatoms. The quantitative estimate of drug-likeness (QED) is 0.825. The van der Waals surface area contributed by atoms with Crippen LogP contribution >= 0.6 is 0 Å².